The third kappa shape index (κ3) is 14.1. The van der Waals surface area contributed by atoms with E-state index in [1.54, 1.807) is 0 Å². The zero-order valence-electron chi connectivity index (χ0n) is 22.7. The van der Waals surface area contributed by atoms with Gasteiger partial charge in [0.05, 0.1) is 6.04 Å². The maximum Gasteiger partial charge on any atom is 0.312 e. The van der Waals surface area contributed by atoms with Gasteiger partial charge in [0.2, 0.25) is 18.1 Å². The third-order valence-electron chi connectivity index (χ3n) is 5.03. The molecule has 3 atom stereocenters. The SMILES string of the molecule is C#CCCC(NC=O)C(=O)C(=O)NCC=C.CC1CCCN1C(=O)C(NC(N)=O)C(C)(C)C.CCC. The summed E-state index contributed by atoms with van der Waals surface area (Å²) in [5.41, 5.74) is 4.80. The van der Waals surface area contributed by atoms with Gasteiger partial charge in [0, 0.05) is 25.6 Å². The highest BCUT2D eigenvalue weighted by Crippen LogP contribution is 2.25. The topological polar surface area (TPSA) is 151 Å². The number of hydrogen-bond acceptors (Lipinski definition) is 5. The van der Waals surface area contributed by atoms with Gasteiger partial charge in [-0.05, 0) is 31.6 Å². The van der Waals surface area contributed by atoms with E-state index in [4.69, 9.17) is 12.2 Å². The van der Waals surface area contributed by atoms with Gasteiger partial charge in [-0.3, -0.25) is 19.2 Å². The second-order valence-electron chi connectivity index (χ2n) is 9.48. The van der Waals surface area contributed by atoms with Gasteiger partial charge < -0.3 is 26.6 Å². The molecule has 1 heterocycles. The molecule has 3 unspecified atom stereocenters. The monoisotopic (exact) mass is 507 g/mol. The normalized spacial score (nSPS) is 15.8. The van der Waals surface area contributed by atoms with Crippen molar-refractivity contribution in [2.45, 2.75) is 91.8 Å². The number of hydrogen-bond donors (Lipinski definition) is 4. The molecule has 1 aliphatic heterocycles. The molecule has 0 aromatic rings. The lowest BCUT2D eigenvalue weighted by molar-refractivity contribution is -0.139. The number of likely N-dealkylation sites (tertiary alicyclic amines) is 1. The van der Waals surface area contributed by atoms with Crippen molar-refractivity contribution in [1.82, 2.24) is 20.9 Å². The molecule has 0 saturated carbocycles. The van der Waals surface area contributed by atoms with Gasteiger partial charge in [-0.1, -0.05) is 47.1 Å². The van der Waals surface area contributed by atoms with Crippen LogP contribution in [0.2, 0.25) is 0 Å². The summed E-state index contributed by atoms with van der Waals surface area (Å²) < 4.78 is 0. The van der Waals surface area contributed by atoms with Crippen molar-refractivity contribution in [3.05, 3.63) is 12.7 Å². The van der Waals surface area contributed by atoms with Crippen molar-refractivity contribution in [2.75, 3.05) is 13.1 Å². The van der Waals surface area contributed by atoms with E-state index in [0.717, 1.165) is 19.4 Å². The van der Waals surface area contributed by atoms with E-state index in [1.807, 2.05) is 32.6 Å². The Kier molecular flexibility index (Phi) is 18.3. The standard InChI is InChI=1S/C12H23N3O2.C11H14N2O3.C3H8/c1-8-6-5-7-15(8)10(16)9(12(2,3)4)14-11(13)17;1-3-5-6-9(13-8-14)10(15)11(16)12-7-4-2;1-3-2/h8-9H,5-7H2,1-4H3,(H3,13,14,17);1,4,8-9H,2,5-7H2,(H,12,16)(H,13,14);3H2,1-2H3. The maximum atomic E-state index is 12.4. The van der Waals surface area contributed by atoms with Crippen LogP contribution < -0.4 is 21.7 Å². The Morgan fingerprint density at radius 2 is 1.83 bits per heavy atom. The maximum absolute atomic E-state index is 12.4. The molecule has 204 valence electrons. The van der Waals surface area contributed by atoms with Crippen molar-refractivity contribution in [3.8, 4) is 12.3 Å². The molecule has 5 N–H and O–H groups in total. The number of ketones is 1. The average molecular weight is 508 g/mol. The van der Waals surface area contributed by atoms with Crippen LogP contribution in [-0.2, 0) is 19.2 Å². The van der Waals surface area contributed by atoms with E-state index < -0.39 is 29.8 Å². The molecule has 1 saturated heterocycles. The first-order valence-corrected chi connectivity index (χ1v) is 12.2. The second kappa shape index (κ2) is 18.9. The quantitative estimate of drug-likeness (QED) is 0.154. The van der Waals surface area contributed by atoms with Gasteiger partial charge >= 0.3 is 6.03 Å². The minimum absolute atomic E-state index is 0.0266. The van der Waals surface area contributed by atoms with Gasteiger partial charge in [-0.25, -0.2) is 4.79 Å². The number of carbonyl (C=O) groups excluding carboxylic acids is 5. The summed E-state index contributed by atoms with van der Waals surface area (Å²) in [4.78, 5) is 58.3. The molecule has 1 fully saturated rings. The summed E-state index contributed by atoms with van der Waals surface area (Å²) in [6, 6.07) is -1.81. The predicted molar refractivity (Wildman–Crippen MR) is 142 cm³/mol. The van der Waals surface area contributed by atoms with Crippen LogP contribution in [0.4, 0.5) is 4.79 Å². The Morgan fingerprint density at radius 1 is 1.25 bits per heavy atom. The Labute approximate surface area is 216 Å². The number of rotatable bonds is 10. The summed E-state index contributed by atoms with van der Waals surface area (Å²) in [5.74, 6) is 0.853. The van der Waals surface area contributed by atoms with E-state index >= 15 is 0 Å². The highest BCUT2D eigenvalue weighted by atomic mass is 16.2. The average Bonchev–Trinajstić information content (AvgIpc) is 3.23. The Morgan fingerprint density at radius 3 is 2.22 bits per heavy atom. The predicted octanol–water partition coefficient (Wildman–Crippen LogP) is 1.88. The lowest BCUT2D eigenvalue weighted by Gasteiger charge is -2.34. The van der Waals surface area contributed by atoms with E-state index in [9.17, 15) is 24.0 Å². The van der Waals surface area contributed by atoms with E-state index in [0.29, 0.717) is 12.8 Å². The molecule has 36 heavy (non-hydrogen) atoms. The van der Waals surface area contributed by atoms with Gasteiger partial charge in [0.1, 0.15) is 6.04 Å². The molecule has 1 aliphatic rings. The number of primary amides is 1. The van der Waals surface area contributed by atoms with Crippen LogP contribution in [0.15, 0.2) is 12.7 Å². The number of amides is 5. The number of carbonyl (C=O) groups is 5. The molecule has 0 radical (unpaired) electrons. The van der Waals surface area contributed by atoms with Crippen LogP contribution in [0.3, 0.4) is 0 Å². The summed E-state index contributed by atoms with van der Waals surface area (Å²) in [7, 11) is 0. The molecule has 0 aliphatic carbocycles. The van der Waals surface area contributed by atoms with Crippen LogP contribution in [0, 0.1) is 17.8 Å². The van der Waals surface area contributed by atoms with Gasteiger partial charge in [0.15, 0.2) is 0 Å². The first kappa shape index (κ1) is 34.8. The molecular weight excluding hydrogens is 462 g/mol. The fourth-order valence-corrected chi connectivity index (χ4v) is 3.23. The first-order chi connectivity index (χ1) is 16.8. The number of nitrogens with one attached hydrogen (secondary N) is 3. The Bertz CT molecular complexity index is 770. The molecule has 5 amide bonds. The van der Waals surface area contributed by atoms with Crippen molar-refractivity contribution in [3.63, 3.8) is 0 Å². The van der Waals surface area contributed by atoms with E-state index in [1.165, 1.54) is 12.5 Å². The largest absolute Gasteiger partial charge is 0.352 e. The van der Waals surface area contributed by atoms with Gasteiger partial charge in [-0.15, -0.1) is 18.9 Å². The summed E-state index contributed by atoms with van der Waals surface area (Å²) in [5, 5.41) is 7.16. The number of terminal acetylenes is 1. The van der Waals surface area contributed by atoms with E-state index in [2.05, 4.69) is 42.3 Å². The van der Waals surface area contributed by atoms with Gasteiger partial charge in [-0.2, -0.15) is 0 Å². The summed E-state index contributed by atoms with van der Waals surface area (Å²) in [6.07, 6.45) is 10.7. The van der Waals surface area contributed by atoms with Gasteiger partial charge in [0.25, 0.3) is 5.91 Å². The third-order valence-corrected chi connectivity index (χ3v) is 5.03. The molecule has 0 aromatic heterocycles. The van der Waals surface area contributed by atoms with Crippen molar-refractivity contribution in [1.29, 1.82) is 0 Å². The van der Waals surface area contributed by atoms with Crippen molar-refractivity contribution >= 4 is 30.0 Å². The van der Waals surface area contributed by atoms with Crippen LogP contribution in [0.25, 0.3) is 0 Å². The van der Waals surface area contributed by atoms with Crippen LogP contribution in [0.5, 0.6) is 0 Å². The summed E-state index contributed by atoms with van der Waals surface area (Å²) >= 11 is 0. The minimum atomic E-state index is -0.863. The van der Waals surface area contributed by atoms with Crippen LogP contribution in [0.1, 0.15) is 73.6 Å². The lowest BCUT2D eigenvalue weighted by Crippen LogP contribution is -2.56. The summed E-state index contributed by atoms with van der Waals surface area (Å²) in [6.45, 7) is 16.4. The molecule has 1 rings (SSSR count). The molecule has 0 bridgehead atoms. The zero-order valence-corrected chi connectivity index (χ0v) is 22.7. The Balaban J connectivity index is 0. The molecular formula is C26H45N5O5. The number of Topliss-reactive ketones (excluding diaryl/α,β-unsaturated/α-hetero) is 1. The molecule has 0 aromatic carbocycles. The smallest absolute Gasteiger partial charge is 0.312 e. The van der Waals surface area contributed by atoms with E-state index in [-0.39, 0.29) is 30.3 Å². The van der Waals surface area contributed by atoms with Crippen molar-refractivity contribution < 1.29 is 24.0 Å². The second-order valence-corrected chi connectivity index (χ2v) is 9.48. The van der Waals surface area contributed by atoms with Crippen LogP contribution >= 0.6 is 0 Å². The number of nitrogens with two attached hydrogens (primary N) is 1. The fourth-order valence-electron chi connectivity index (χ4n) is 3.23. The molecule has 10 heteroatoms. The zero-order chi connectivity index (χ0) is 28.3. The number of urea groups is 1. The lowest BCUT2D eigenvalue weighted by atomic mass is 9.85. The molecule has 0 spiro atoms. The fraction of sp³-hybridized carbons (Fsp3) is 0.654. The Hall–Kier alpha value is -3.35. The number of nitrogens with zero attached hydrogens (tertiary/aromatic N) is 1. The highest BCUT2D eigenvalue weighted by Gasteiger charge is 2.38. The molecule has 10 nitrogen and oxygen atoms in total. The van der Waals surface area contributed by atoms with Crippen LogP contribution in [-0.4, -0.2) is 66.2 Å². The minimum Gasteiger partial charge on any atom is -0.352 e. The highest BCUT2D eigenvalue weighted by molar-refractivity contribution is 6.38. The van der Waals surface area contributed by atoms with Crippen molar-refractivity contribution in [2.24, 2.45) is 11.1 Å². The first-order valence-electron chi connectivity index (χ1n) is 12.2.